The van der Waals surface area contributed by atoms with Gasteiger partial charge in [0.1, 0.15) is 11.6 Å². The Morgan fingerprint density at radius 1 is 1.24 bits per heavy atom. The summed E-state index contributed by atoms with van der Waals surface area (Å²) in [5, 5.41) is 2.82. The quantitative estimate of drug-likeness (QED) is 0.873. The summed E-state index contributed by atoms with van der Waals surface area (Å²) in [6.07, 6.45) is 3.32. The number of benzene rings is 1. The number of nitrogens with zero attached hydrogens (tertiary/aromatic N) is 1. The molecule has 2 rings (SSSR count). The molecule has 0 amide bonds. The van der Waals surface area contributed by atoms with Crippen molar-refractivity contribution in [3.63, 3.8) is 0 Å². The minimum atomic E-state index is -0.500. The first-order valence-electron chi connectivity index (χ1n) is 4.94. The molecule has 0 fully saturated rings. The van der Waals surface area contributed by atoms with E-state index in [0.29, 0.717) is 6.54 Å². The Labute approximate surface area is 106 Å². The molecule has 2 aromatic rings. The van der Waals surface area contributed by atoms with Crippen LogP contribution in [-0.2, 0) is 6.54 Å². The number of pyridine rings is 1. The van der Waals surface area contributed by atoms with Gasteiger partial charge in [0, 0.05) is 25.0 Å². The summed E-state index contributed by atoms with van der Waals surface area (Å²) in [4.78, 5) is 3.94. The Morgan fingerprint density at radius 2 is 2.06 bits per heavy atom. The standard InChI is InChI=1S/C12H9BrF2N2/c13-9-4-11(15)12(5-10(9)14)17-7-8-2-1-3-16-6-8/h1-6,17H,7H2. The summed E-state index contributed by atoms with van der Waals surface area (Å²) in [6, 6.07) is 5.86. The van der Waals surface area contributed by atoms with E-state index in [9.17, 15) is 8.78 Å². The minimum absolute atomic E-state index is 0.113. The second kappa shape index (κ2) is 5.23. The van der Waals surface area contributed by atoms with E-state index in [0.717, 1.165) is 17.7 Å². The van der Waals surface area contributed by atoms with Crippen LogP contribution in [0.25, 0.3) is 0 Å². The number of aromatic nitrogens is 1. The molecule has 2 nitrogen and oxygen atoms in total. The second-order valence-corrected chi connectivity index (χ2v) is 4.32. The fourth-order valence-electron chi connectivity index (χ4n) is 1.36. The molecule has 0 unspecified atom stereocenters. The zero-order valence-corrected chi connectivity index (χ0v) is 10.3. The molecule has 0 radical (unpaired) electrons. The van der Waals surface area contributed by atoms with Crippen molar-refractivity contribution in [3.05, 3.63) is 58.3 Å². The van der Waals surface area contributed by atoms with Gasteiger partial charge in [0.2, 0.25) is 0 Å². The number of rotatable bonds is 3. The van der Waals surface area contributed by atoms with Crippen molar-refractivity contribution < 1.29 is 8.78 Å². The van der Waals surface area contributed by atoms with Gasteiger partial charge < -0.3 is 5.32 Å². The molecule has 0 saturated heterocycles. The average molecular weight is 299 g/mol. The molecule has 0 atom stereocenters. The maximum atomic E-state index is 13.5. The van der Waals surface area contributed by atoms with Crippen molar-refractivity contribution in [2.45, 2.75) is 6.54 Å². The van der Waals surface area contributed by atoms with Crippen molar-refractivity contribution >= 4 is 21.6 Å². The highest BCUT2D eigenvalue weighted by molar-refractivity contribution is 9.10. The monoisotopic (exact) mass is 298 g/mol. The molecule has 1 aromatic carbocycles. The molecule has 0 spiro atoms. The largest absolute Gasteiger partial charge is 0.378 e. The van der Waals surface area contributed by atoms with E-state index in [4.69, 9.17) is 0 Å². The zero-order valence-electron chi connectivity index (χ0n) is 8.75. The minimum Gasteiger partial charge on any atom is -0.378 e. The van der Waals surface area contributed by atoms with Crippen molar-refractivity contribution in [3.8, 4) is 0 Å². The third kappa shape index (κ3) is 3.00. The van der Waals surface area contributed by atoms with Crippen LogP contribution in [0.1, 0.15) is 5.56 Å². The Kier molecular flexibility index (Phi) is 3.68. The van der Waals surface area contributed by atoms with Gasteiger partial charge in [-0.25, -0.2) is 8.78 Å². The van der Waals surface area contributed by atoms with Crippen LogP contribution in [0.3, 0.4) is 0 Å². The van der Waals surface area contributed by atoms with Crippen molar-refractivity contribution in [1.29, 1.82) is 0 Å². The lowest BCUT2D eigenvalue weighted by atomic mass is 10.2. The molecule has 17 heavy (non-hydrogen) atoms. The molecule has 0 aliphatic heterocycles. The van der Waals surface area contributed by atoms with E-state index < -0.39 is 11.6 Å². The maximum Gasteiger partial charge on any atom is 0.147 e. The van der Waals surface area contributed by atoms with Crippen LogP contribution in [0, 0.1) is 11.6 Å². The molecule has 5 heteroatoms. The van der Waals surface area contributed by atoms with E-state index in [1.165, 1.54) is 0 Å². The average Bonchev–Trinajstić information content (AvgIpc) is 2.33. The van der Waals surface area contributed by atoms with E-state index in [2.05, 4.69) is 26.2 Å². The topological polar surface area (TPSA) is 24.9 Å². The lowest BCUT2D eigenvalue weighted by Gasteiger charge is -2.08. The predicted octanol–water partition coefficient (Wildman–Crippen LogP) is 3.73. The number of anilines is 1. The van der Waals surface area contributed by atoms with Gasteiger partial charge in [0.05, 0.1) is 10.2 Å². The van der Waals surface area contributed by atoms with Gasteiger partial charge in [-0.2, -0.15) is 0 Å². The van der Waals surface area contributed by atoms with Gasteiger partial charge in [-0.1, -0.05) is 6.07 Å². The summed E-state index contributed by atoms with van der Waals surface area (Å²) in [5.74, 6) is -0.998. The molecule has 0 aliphatic rings. The molecule has 1 N–H and O–H groups in total. The van der Waals surface area contributed by atoms with Gasteiger partial charge in [0.15, 0.2) is 0 Å². The summed E-state index contributed by atoms with van der Waals surface area (Å²) in [7, 11) is 0. The number of hydrogen-bond acceptors (Lipinski definition) is 2. The van der Waals surface area contributed by atoms with Gasteiger partial charge in [-0.15, -0.1) is 0 Å². The van der Waals surface area contributed by atoms with Gasteiger partial charge in [-0.05, 0) is 33.6 Å². The van der Waals surface area contributed by atoms with Crippen LogP contribution in [-0.4, -0.2) is 4.98 Å². The molecule has 0 bridgehead atoms. The van der Waals surface area contributed by atoms with Crippen LogP contribution in [0.4, 0.5) is 14.5 Å². The Hall–Kier alpha value is -1.49. The number of halogens is 3. The lowest BCUT2D eigenvalue weighted by molar-refractivity contribution is 0.596. The van der Waals surface area contributed by atoms with Crippen molar-refractivity contribution in [1.82, 2.24) is 4.98 Å². The number of hydrogen-bond donors (Lipinski definition) is 1. The third-order valence-electron chi connectivity index (χ3n) is 2.22. The Bertz CT molecular complexity index is 517. The van der Waals surface area contributed by atoms with E-state index in [1.807, 2.05) is 6.07 Å². The summed E-state index contributed by atoms with van der Waals surface area (Å²) >= 11 is 2.92. The molecular weight excluding hydrogens is 290 g/mol. The fourth-order valence-corrected chi connectivity index (χ4v) is 1.67. The normalized spacial score (nSPS) is 10.3. The predicted molar refractivity (Wildman–Crippen MR) is 65.6 cm³/mol. The summed E-state index contributed by atoms with van der Waals surface area (Å²) in [5.41, 5.74) is 1.03. The van der Waals surface area contributed by atoms with Crippen LogP contribution >= 0.6 is 15.9 Å². The van der Waals surface area contributed by atoms with Crippen molar-refractivity contribution in [2.75, 3.05) is 5.32 Å². The molecule has 88 valence electrons. The number of nitrogens with one attached hydrogen (secondary N) is 1. The zero-order chi connectivity index (χ0) is 12.3. The smallest absolute Gasteiger partial charge is 0.147 e. The Morgan fingerprint density at radius 3 is 2.76 bits per heavy atom. The molecule has 0 saturated carbocycles. The molecule has 0 aliphatic carbocycles. The highest BCUT2D eigenvalue weighted by Gasteiger charge is 2.07. The molecule has 1 aromatic heterocycles. The Balaban J connectivity index is 2.12. The SMILES string of the molecule is Fc1cc(NCc2cccnc2)c(F)cc1Br. The van der Waals surface area contributed by atoms with Crippen LogP contribution < -0.4 is 5.32 Å². The fraction of sp³-hybridized carbons (Fsp3) is 0.0833. The molecule has 1 heterocycles. The van der Waals surface area contributed by atoms with E-state index in [-0.39, 0.29) is 10.2 Å². The van der Waals surface area contributed by atoms with E-state index in [1.54, 1.807) is 18.5 Å². The maximum absolute atomic E-state index is 13.5. The molecular formula is C12H9BrF2N2. The van der Waals surface area contributed by atoms with Crippen LogP contribution in [0.2, 0.25) is 0 Å². The first-order chi connectivity index (χ1) is 8.16. The highest BCUT2D eigenvalue weighted by Crippen LogP contribution is 2.23. The van der Waals surface area contributed by atoms with Crippen LogP contribution in [0.5, 0.6) is 0 Å². The lowest BCUT2D eigenvalue weighted by Crippen LogP contribution is -2.02. The summed E-state index contributed by atoms with van der Waals surface area (Å²) in [6.45, 7) is 0.395. The van der Waals surface area contributed by atoms with Gasteiger partial charge in [-0.3, -0.25) is 4.98 Å². The van der Waals surface area contributed by atoms with Gasteiger partial charge >= 0.3 is 0 Å². The second-order valence-electron chi connectivity index (χ2n) is 3.46. The highest BCUT2D eigenvalue weighted by atomic mass is 79.9. The van der Waals surface area contributed by atoms with Crippen molar-refractivity contribution in [2.24, 2.45) is 0 Å². The summed E-state index contributed by atoms with van der Waals surface area (Å²) < 4.78 is 26.8. The first kappa shape index (κ1) is 12.0. The first-order valence-corrected chi connectivity index (χ1v) is 5.73. The van der Waals surface area contributed by atoms with Gasteiger partial charge in [0.25, 0.3) is 0 Å². The van der Waals surface area contributed by atoms with E-state index >= 15 is 0 Å². The third-order valence-corrected chi connectivity index (χ3v) is 2.82. The van der Waals surface area contributed by atoms with Crippen LogP contribution in [0.15, 0.2) is 41.1 Å².